The zero-order chi connectivity index (χ0) is 20.2. The Balaban J connectivity index is 1.37. The molecule has 4 aromatic rings. The number of aryl methyl sites for hydroxylation is 1. The summed E-state index contributed by atoms with van der Waals surface area (Å²) in [4.78, 5) is 25.4. The highest BCUT2D eigenvalue weighted by atomic mass is 16.5. The SMILES string of the molecule is Cc1ccc2nc([C@@H]3CC[C@H]3c3nc4c(cnn4C4CCOCC4)c(=O)[nH]3)cn2n1. The Labute approximate surface area is 172 Å². The molecule has 1 aliphatic heterocycles. The van der Waals surface area contributed by atoms with Crippen LogP contribution < -0.4 is 5.56 Å². The fourth-order valence-corrected chi connectivity index (χ4v) is 4.68. The molecule has 4 aromatic heterocycles. The number of ether oxygens (including phenoxy) is 1. The molecule has 5 heterocycles. The lowest BCUT2D eigenvalue weighted by Gasteiger charge is -2.34. The van der Waals surface area contributed by atoms with Crippen molar-refractivity contribution in [1.29, 1.82) is 0 Å². The highest BCUT2D eigenvalue weighted by molar-refractivity contribution is 5.73. The summed E-state index contributed by atoms with van der Waals surface area (Å²) in [5.74, 6) is 1.11. The number of nitrogens with one attached hydrogen (secondary N) is 1. The van der Waals surface area contributed by atoms with E-state index < -0.39 is 0 Å². The molecule has 2 fully saturated rings. The van der Waals surface area contributed by atoms with Crippen molar-refractivity contribution < 1.29 is 4.74 Å². The summed E-state index contributed by atoms with van der Waals surface area (Å²) in [6.07, 6.45) is 7.41. The minimum Gasteiger partial charge on any atom is -0.381 e. The summed E-state index contributed by atoms with van der Waals surface area (Å²) in [7, 11) is 0. The van der Waals surface area contributed by atoms with E-state index in [1.54, 1.807) is 6.20 Å². The second-order valence-corrected chi connectivity index (χ2v) is 8.35. The van der Waals surface area contributed by atoms with Gasteiger partial charge in [0.2, 0.25) is 0 Å². The summed E-state index contributed by atoms with van der Waals surface area (Å²) in [5, 5.41) is 9.55. The number of imidazole rings is 1. The van der Waals surface area contributed by atoms with E-state index in [0.29, 0.717) is 24.2 Å². The molecule has 30 heavy (non-hydrogen) atoms. The van der Waals surface area contributed by atoms with Gasteiger partial charge in [-0.2, -0.15) is 10.2 Å². The van der Waals surface area contributed by atoms with Crippen molar-refractivity contribution in [3.05, 3.63) is 52.1 Å². The molecule has 0 spiro atoms. The number of aromatic amines is 1. The average Bonchev–Trinajstić information content (AvgIpc) is 3.32. The van der Waals surface area contributed by atoms with Crippen molar-refractivity contribution in [2.45, 2.75) is 50.5 Å². The molecule has 1 N–H and O–H groups in total. The van der Waals surface area contributed by atoms with Crippen LogP contribution in [0.3, 0.4) is 0 Å². The second kappa shape index (κ2) is 6.73. The summed E-state index contributed by atoms with van der Waals surface area (Å²) in [6, 6.07) is 4.18. The van der Waals surface area contributed by atoms with E-state index in [4.69, 9.17) is 14.7 Å². The van der Waals surface area contributed by atoms with Crippen molar-refractivity contribution in [2.75, 3.05) is 13.2 Å². The van der Waals surface area contributed by atoms with Gasteiger partial charge in [0.05, 0.1) is 29.8 Å². The van der Waals surface area contributed by atoms with Gasteiger partial charge in [0, 0.05) is 25.0 Å². The molecule has 1 aliphatic carbocycles. The van der Waals surface area contributed by atoms with Gasteiger partial charge in [-0.1, -0.05) is 0 Å². The van der Waals surface area contributed by atoms with E-state index in [2.05, 4.69) is 15.2 Å². The molecule has 0 bridgehead atoms. The van der Waals surface area contributed by atoms with E-state index in [-0.39, 0.29) is 23.4 Å². The van der Waals surface area contributed by atoms with Crippen LogP contribution in [0.15, 0.2) is 29.3 Å². The second-order valence-electron chi connectivity index (χ2n) is 8.35. The lowest BCUT2D eigenvalue weighted by Crippen LogP contribution is -2.27. The van der Waals surface area contributed by atoms with Crippen LogP contribution in [0.25, 0.3) is 16.7 Å². The largest absolute Gasteiger partial charge is 0.381 e. The number of nitrogens with zero attached hydrogens (tertiary/aromatic N) is 6. The fraction of sp³-hybridized carbons (Fsp3) is 0.476. The van der Waals surface area contributed by atoms with Crippen molar-refractivity contribution in [3.8, 4) is 0 Å². The number of hydrogen-bond acceptors (Lipinski definition) is 6. The Morgan fingerprint density at radius 2 is 1.93 bits per heavy atom. The van der Waals surface area contributed by atoms with Crippen molar-refractivity contribution in [1.82, 2.24) is 34.3 Å². The molecule has 6 rings (SSSR count). The van der Waals surface area contributed by atoms with Gasteiger partial charge in [0.25, 0.3) is 5.56 Å². The Bertz CT molecular complexity index is 1300. The number of fused-ring (bicyclic) bond motifs is 2. The smallest absolute Gasteiger partial charge is 0.262 e. The van der Waals surface area contributed by atoms with Crippen LogP contribution in [-0.4, -0.2) is 47.6 Å². The molecule has 9 heteroatoms. The molecule has 0 unspecified atom stereocenters. The van der Waals surface area contributed by atoms with E-state index >= 15 is 0 Å². The molecule has 0 aromatic carbocycles. The average molecular weight is 405 g/mol. The van der Waals surface area contributed by atoms with E-state index in [1.807, 2.05) is 34.5 Å². The van der Waals surface area contributed by atoms with Crippen LogP contribution in [0, 0.1) is 6.92 Å². The van der Waals surface area contributed by atoms with Gasteiger partial charge in [-0.25, -0.2) is 19.2 Å². The standard InChI is InChI=1S/C21H23N7O2/c1-12-2-5-18-23-17(11-27(18)26-12)14-3-4-15(14)19-24-20-16(21(29)25-19)10-22-28(20)13-6-8-30-9-7-13/h2,5,10-11,13-15H,3-4,6-9H2,1H3,(H,24,25,29)/t14-,15-/m1/s1. The molecular formula is C21H23N7O2. The quantitative estimate of drug-likeness (QED) is 0.562. The topological polar surface area (TPSA) is 103 Å². The van der Waals surface area contributed by atoms with Crippen LogP contribution in [0.4, 0.5) is 0 Å². The summed E-state index contributed by atoms with van der Waals surface area (Å²) < 4.78 is 9.23. The Kier molecular flexibility index (Phi) is 3.98. The number of hydrogen-bond donors (Lipinski definition) is 1. The summed E-state index contributed by atoms with van der Waals surface area (Å²) in [5.41, 5.74) is 3.36. The normalized spacial score (nSPS) is 22.6. The van der Waals surface area contributed by atoms with Gasteiger partial charge in [-0.05, 0) is 44.7 Å². The number of aromatic nitrogens is 7. The zero-order valence-electron chi connectivity index (χ0n) is 16.8. The van der Waals surface area contributed by atoms with Crippen molar-refractivity contribution >= 4 is 16.7 Å². The molecule has 0 radical (unpaired) electrons. The highest BCUT2D eigenvalue weighted by Crippen LogP contribution is 2.47. The first-order valence-electron chi connectivity index (χ1n) is 10.6. The van der Waals surface area contributed by atoms with Gasteiger partial charge in [0.15, 0.2) is 11.3 Å². The van der Waals surface area contributed by atoms with E-state index in [0.717, 1.165) is 48.5 Å². The van der Waals surface area contributed by atoms with Crippen LogP contribution in [-0.2, 0) is 4.74 Å². The lowest BCUT2D eigenvalue weighted by molar-refractivity contribution is 0.0673. The minimum absolute atomic E-state index is 0.119. The first-order chi connectivity index (χ1) is 14.7. The van der Waals surface area contributed by atoms with Gasteiger partial charge < -0.3 is 9.72 Å². The predicted molar refractivity (Wildman–Crippen MR) is 110 cm³/mol. The molecule has 9 nitrogen and oxygen atoms in total. The molecule has 2 aliphatic rings. The maximum atomic E-state index is 12.8. The Morgan fingerprint density at radius 3 is 2.73 bits per heavy atom. The maximum Gasteiger partial charge on any atom is 0.262 e. The van der Waals surface area contributed by atoms with Gasteiger partial charge in [-0.3, -0.25) is 4.79 Å². The molecular weight excluding hydrogens is 382 g/mol. The highest BCUT2D eigenvalue weighted by Gasteiger charge is 2.37. The van der Waals surface area contributed by atoms with Crippen molar-refractivity contribution in [3.63, 3.8) is 0 Å². The third kappa shape index (κ3) is 2.76. The first kappa shape index (κ1) is 17.8. The van der Waals surface area contributed by atoms with E-state index in [9.17, 15) is 4.79 Å². The van der Waals surface area contributed by atoms with Crippen LogP contribution in [0.5, 0.6) is 0 Å². The van der Waals surface area contributed by atoms with E-state index in [1.165, 1.54) is 0 Å². The molecule has 154 valence electrons. The predicted octanol–water partition coefficient (Wildman–Crippen LogP) is 2.48. The number of rotatable bonds is 3. The van der Waals surface area contributed by atoms with Crippen LogP contribution >= 0.6 is 0 Å². The summed E-state index contributed by atoms with van der Waals surface area (Å²) >= 11 is 0. The lowest BCUT2D eigenvalue weighted by atomic mass is 9.71. The van der Waals surface area contributed by atoms with Gasteiger partial charge in [-0.15, -0.1) is 0 Å². The molecule has 1 saturated heterocycles. The van der Waals surface area contributed by atoms with Crippen molar-refractivity contribution in [2.24, 2.45) is 0 Å². The zero-order valence-corrected chi connectivity index (χ0v) is 16.8. The summed E-state index contributed by atoms with van der Waals surface area (Å²) in [6.45, 7) is 3.40. The third-order valence-corrected chi connectivity index (χ3v) is 6.50. The monoisotopic (exact) mass is 405 g/mol. The fourth-order valence-electron chi connectivity index (χ4n) is 4.68. The van der Waals surface area contributed by atoms with Crippen LogP contribution in [0.1, 0.15) is 60.8 Å². The Morgan fingerprint density at radius 1 is 1.10 bits per heavy atom. The van der Waals surface area contributed by atoms with Gasteiger partial charge in [0.1, 0.15) is 11.2 Å². The minimum atomic E-state index is -0.119. The first-order valence-corrected chi connectivity index (χ1v) is 10.6. The third-order valence-electron chi connectivity index (χ3n) is 6.50. The van der Waals surface area contributed by atoms with Gasteiger partial charge >= 0.3 is 0 Å². The Hall–Kier alpha value is -3.07. The maximum absolute atomic E-state index is 12.8. The molecule has 1 saturated carbocycles. The van der Waals surface area contributed by atoms with Crippen LogP contribution in [0.2, 0.25) is 0 Å². The number of H-pyrrole nitrogens is 1. The molecule has 2 atom stereocenters. The molecule has 0 amide bonds.